The van der Waals surface area contributed by atoms with Crippen molar-refractivity contribution in [1.29, 1.82) is 0 Å². The van der Waals surface area contributed by atoms with Crippen molar-refractivity contribution >= 4 is 17.9 Å². The highest BCUT2D eigenvalue weighted by Crippen LogP contribution is 2.32. The van der Waals surface area contributed by atoms with Gasteiger partial charge in [0.1, 0.15) is 23.9 Å². The topological polar surface area (TPSA) is 108 Å². The Labute approximate surface area is 220 Å². The molecule has 0 radical (unpaired) electrons. The Morgan fingerprint density at radius 3 is 2.32 bits per heavy atom. The second kappa shape index (κ2) is 14.3. The number of phenolic OH excluding ortho intramolecular Hbond substituents is 1. The maximum atomic E-state index is 13.6. The molecule has 1 unspecified atom stereocenters. The van der Waals surface area contributed by atoms with Gasteiger partial charge in [-0.2, -0.15) is 0 Å². The zero-order valence-electron chi connectivity index (χ0n) is 22.7. The van der Waals surface area contributed by atoms with Crippen molar-refractivity contribution in [3.8, 4) is 5.75 Å². The van der Waals surface area contributed by atoms with Gasteiger partial charge in [-0.3, -0.25) is 9.59 Å². The van der Waals surface area contributed by atoms with E-state index in [0.717, 1.165) is 24.8 Å². The van der Waals surface area contributed by atoms with Crippen molar-refractivity contribution in [1.82, 2.24) is 15.5 Å². The fourth-order valence-corrected chi connectivity index (χ4v) is 3.90. The summed E-state index contributed by atoms with van der Waals surface area (Å²) in [6, 6.07) is 13.5. The van der Waals surface area contributed by atoms with Gasteiger partial charge in [0.15, 0.2) is 0 Å². The van der Waals surface area contributed by atoms with Gasteiger partial charge >= 0.3 is 6.09 Å². The number of ether oxygens (including phenoxy) is 1. The standard InChI is InChI=1S/C29H41N3O5/c1-6-7-8-12-18-32(24(33)20-31-28(36)37-29(3,4)5)25(23-17-13-14-21(2)26(23)34)27(35)30-19-22-15-10-9-11-16-22/h9-11,13-17,25,34H,6-8,12,18-20H2,1-5H3,(H,30,35)(H,31,36). The number of nitrogens with one attached hydrogen (secondary N) is 2. The number of unbranched alkanes of at least 4 members (excludes halogenated alkanes) is 3. The third kappa shape index (κ3) is 9.79. The first-order valence-corrected chi connectivity index (χ1v) is 12.9. The number of rotatable bonds is 12. The first-order valence-electron chi connectivity index (χ1n) is 12.9. The number of aryl methyl sites for hydroxylation is 1. The van der Waals surface area contributed by atoms with Crippen LogP contribution in [0.15, 0.2) is 48.5 Å². The molecule has 2 aromatic rings. The molecule has 0 aromatic heterocycles. The Morgan fingerprint density at radius 1 is 0.973 bits per heavy atom. The van der Waals surface area contributed by atoms with Gasteiger partial charge in [-0.05, 0) is 45.2 Å². The van der Waals surface area contributed by atoms with Crippen LogP contribution in [-0.4, -0.2) is 46.6 Å². The SMILES string of the molecule is CCCCCCN(C(=O)CNC(=O)OC(C)(C)C)C(C(=O)NCc1ccccc1)c1cccc(C)c1O. The minimum atomic E-state index is -1.07. The van der Waals surface area contributed by atoms with Gasteiger partial charge in [-0.15, -0.1) is 0 Å². The zero-order chi connectivity index (χ0) is 27.4. The number of amides is 3. The van der Waals surface area contributed by atoms with Gasteiger partial charge in [0.25, 0.3) is 0 Å². The third-order valence-corrected chi connectivity index (χ3v) is 5.79. The van der Waals surface area contributed by atoms with E-state index in [1.807, 2.05) is 30.3 Å². The molecule has 0 aliphatic heterocycles. The third-order valence-electron chi connectivity index (χ3n) is 5.79. The fourth-order valence-electron chi connectivity index (χ4n) is 3.90. The number of phenols is 1. The largest absolute Gasteiger partial charge is 0.507 e. The summed E-state index contributed by atoms with van der Waals surface area (Å²) >= 11 is 0. The summed E-state index contributed by atoms with van der Waals surface area (Å²) in [6.07, 6.45) is 2.88. The predicted molar refractivity (Wildman–Crippen MR) is 144 cm³/mol. The molecule has 3 N–H and O–H groups in total. The van der Waals surface area contributed by atoms with Gasteiger partial charge in [0.2, 0.25) is 11.8 Å². The summed E-state index contributed by atoms with van der Waals surface area (Å²) in [5.74, 6) is -0.886. The monoisotopic (exact) mass is 511 g/mol. The molecule has 0 bridgehead atoms. The van der Waals surface area contributed by atoms with Crippen LogP contribution in [0, 0.1) is 6.92 Å². The highest BCUT2D eigenvalue weighted by atomic mass is 16.6. The van der Waals surface area contributed by atoms with Crippen molar-refractivity contribution in [3.63, 3.8) is 0 Å². The number of aromatic hydroxyl groups is 1. The summed E-state index contributed by atoms with van der Waals surface area (Å²) in [4.78, 5) is 40.7. The molecule has 0 fully saturated rings. The molecule has 0 saturated heterocycles. The van der Waals surface area contributed by atoms with Crippen LogP contribution < -0.4 is 10.6 Å². The summed E-state index contributed by atoms with van der Waals surface area (Å²) in [6.45, 7) is 9.29. The Kier molecular flexibility index (Phi) is 11.4. The Morgan fingerprint density at radius 2 is 1.68 bits per heavy atom. The van der Waals surface area contributed by atoms with E-state index in [1.165, 1.54) is 4.90 Å². The maximum Gasteiger partial charge on any atom is 0.408 e. The first kappa shape index (κ1) is 29.7. The first-order chi connectivity index (χ1) is 17.5. The van der Waals surface area contributed by atoms with E-state index < -0.39 is 29.6 Å². The molecule has 37 heavy (non-hydrogen) atoms. The summed E-state index contributed by atoms with van der Waals surface area (Å²) in [7, 11) is 0. The lowest BCUT2D eigenvalue weighted by Crippen LogP contribution is -2.48. The van der Waals surface area contributed by atoms with E-state index in [0.29, 0.717) is 24.1 Å². The molecule has 202 valence electrons. The number of nitrogens with zero attached hydrogens (tertiary/aromatic N) is 1. The average Bonchev–Trinajstić information content (AvgIpc) is 2.85. The maximum absolute atomic E-state index is 13.6. The number of hydrogen-bond acceptors (Lipinski definition) is 5. The van der Waals surface area contributed by atoms with Gasteiger partial charge in [0.05, 0.1) is 0 Å². The second-order valence-electron chi connectivity index (χ2n) is 10.1. The fraction of sp³-hybridized carbons (Fsp3) is 0.483. The molecule has 1 atom stereocenters. The van der Waals surface area contributed by atoms with Crippen LogP contribution in [-0.2, 0) is 20.9 Å². The number of alkyl carbamates (subject to hydrolysis) is 1. The molecular weight excluding hydrogens is 470 g/mol. The van der Waals surface area contributed by atoms with E-state index in [2.05, 4.69) is 17.6 Å². The number of benzene rings is 2. The Balaban J connectivity index is 2.35. The smallest absolute Gasteiger partial charge is 0.408 e. The van der Waals surface area contributed by atoms with E-state index in [1.54, 1.807) is 45.9 Å². The van der Waals surface area contributed by atoms with Crippen LogP contribution in [0.1, 0.15) is 76.1 Å². The highest BCUT2D eigenvalue weighted by molar-refractivity contribution is 5.91. The van der Waals surface area contributed by atoms with Crippen LogP contribution in [0.5, 0.6) is 5.75 Å². The van der Waals surface area contributed by atoms with Gasteiger partial charge in [-0.25, -0.2) is 4.79 Å². The van der Waals surface area contributed by atoms with Crippen molar-refractivity contribution in [2.24, 2.45) is 0 Å². The summed E-state index contributed by atoms with van der Waals surface area (Å²) < 4.78 is 5.26. The van der Waals surface area contributed by atoms with Crippen molar-refractivity contribution < 1.29 is 24.2 Å². The average molecular weight is 512 g/mol. The number of carbonyl (C=O) groups is 3. The minimum absolute atomic E-state index is 0.0335. The number of para-hydroxylation sites is 1. The molecule has 8 nitrogen and oxygen atoms in total. The quantitative estimate of drug-likeness (QED) is 0.348. The molecule has 2 rings (SSSR count). The van der Waals surface area contributed by atoms with Crippen molar-refractivity contribution in [2.45, 2.75) is 78.5 Å². The zero-order valence-corrected chi connectivity index (χ0v) is 22.7. The molecule has 0 spiro atoms. The van der Waals surface area contributed by atoms with E-state index in [9.17, 15) is 19.5 Å². The van der Waals surface area contributed by atoms with Crippen LogP contribution in [0.25, 0.3) is 0 Å². The lowest BCUT2D eigenvalue weighted by molar-refractivity contribution is -0.140. The number of hydrogen-bond donors (Lipinski definition) is 3. The van der Waals surface area contributed by atoms with Gasteiger partial charge in [-0.1, -0.05) is 74.7 Å². The minimum Gasteiger partial charge on any atom is -0.507 e. The van der Waals surface area contributed by atoms with Crippen LogP contribution in [0.4, 0.5) is 4.79 Å². The van der Waals surface area contributed by atoms with Crippen LogP contribution in [0.2, 0.25) is 0 Å². The molecule has 0 heterocycles. The molecule has 0 aliphatic carbocycles. The summed E-state index contributed by atoms with van der Waals surface area (Å²) in [5, 5.41) is 16.3. The van der Waals surface area contributed by atoms with Crippen molar-refractivity contribution in [3.05, 3.63) is 65.2 Å². The molecule has 2 aromatic carbocycles. The highest BCUT2D eigenvalue weighted by Gasteiger charge is 2.33. The number of carbonyl (C=O) groups excluding carboxylic acids is 3. The van der Waals surface area contributed by atoms with Crippen molar-refractivity contribution in [2.75, 3.05) is 13.1 Å². The van der Waals surface area contributed by atoms with E-state index >= 15 is 0 Å². The lowest BCUT2D eigenvalue weighted by Gasteiger charge is -2.32. The van der Waals surface area contributed by atoms with Crippen LogP contribution in [0.3, 0.4) is 0 Å². The Hall–Kier alpha value is -3.55. The second-order valence-corrected chi connectivity index (χ2v) is 10.1. The lowest BCUT2D eigenvalue weighted by atomic mass is 9.99. The molecule has 3 amide bonds. The molecular formula is C29H41N3O5. The normalized spacial score (nSPS) is 11.9. The van der Waals surface area contributed by atoms with E-state index in [-0.39, 0.29) is 18.8 Å². The van der Waals surface area contributed by atoms with Gasteiger partial charge < -0.3 is 25.4 Å². The van der Waals surface area contributed by atoms with Gasteiger partial charge in [0, 0.05) is 18.7 Å². The molecule has 8 heteroatoms. The summed E-state index contributed by atoms with van der Waals surface area (Å²) in [5.41, 5.74) is 1.14. The Bertz CT molecular complexity index is 1030. The van der Waals surface area contributed by atoms with E-state index in [4.69, 9.17) is 4.74 Å². The predicted octanol–water partition coefficient (Wildman–Crippen LogP) is 4.99. The molecule has 0 saturated carbocycles. The molecule has 0 aliphatic rings. The van der Waals surface area contributed by atoms with Crippen LogP contribution >= 0.6 is 0 Å².